The summed E-state index contributed by atoms with van der Waals surface area (Å²) in [4.78, 5) is 13.1. The van der Waals surface area contributed by atoms with Crippen molar-refractivity contribution in [3.8, 4) is 0 Å². The van der Waals surface area contributed by atoms with E-state index in [0.29, 0.717) is 13.1 Å². The fourth-order valence-electron chi connectivity index (χ4n) is 3.31. The monoisotopic (exact) mass is 484 g/mol. The molecule has 0 saturated carbocycles. The molecular formula is C20H25BrN2O3S2. The fourth-order valence-corrected chi connectivity index (χ4v) is 6.39. The van der Waals surface area contributed by atoms with E-state index in [4.69, 9.17) is 0 Å². The maximum absolute atomic E-state index is 12.9. The Balaban J connectivity index is 1.63. The maximum Gasteiger partial charge on any atom is 0.262 e. The van der Waals surface area contributed by atoms with Crippen molar-refractivity contribution in [2.75, 3.05) is 13.1 Å². The standard InChI is InChI=1S/C20H25BrN2O3S2/c1-15(5-6-16-7-9-17(21)10-8-16)22-20(24)19-18(11-14-27-19)28(25,26)23-12-3-2-4-13-23/h7-11,14-15H,2-6,12-13H2,1H3,(H,22,24). The summed E-state index contributed by atoms with van der Waals surface area (Å²) in [5, 5.41) is 4.64. The molecule has 1 amide bonds. The Morgan fingerprint density at radius 3 is 2.54 bits per heavy atom. The third-order valence-electron chi connectivity index (χ3n) is 4.92. The molecule has 8 heteroatoms. The SMILES string of the molecule is CC(CCc1ccc(Br)cc1)NC(=O)c1sccc1S(=O)(=O)N1CCCCC1. The van der Waals surface area contributed by atoms with Crippen molar-refractivity contribution in [1.29, 1.82) is 0 Å². The first kappa shape index (κ1) is 21.5. The molecule has 1 N–H and O–H groups in total. The van der Waals surface area contributed by atoms with Gasteiger partial charge in [0.2, 0.25) is 10.0 Å². The second-order valence-corrected chi connectivity index (χ2v) is 10.9. The Bertz CT molecular complexity index is 904. The van der Waals surface area contributed by atoms with Gasteiger partial charge >= 0.3 is 0 Å². The minimum absolute atomic E-state index is 0.0520. The Morgan fingerprint density at radius 2 is 1.86 bits per heavy atom. The largest absolute Gasteiger partial charge is 0.349 e. The molecule has 2 aromatic rings. The number of carbonyl (C=O) groups is 1. The third kappa shape index (κ3) is 5.23. The first-order valence-corrected chi connectivity index (χ1v) is 12.6. The molecule has 1 aromatic carbocycles. The van der Waals surface area contributed by atoms with E-state index in [9.17, 15) is 13.2 Å². The van der Waals surface area contributed by atoms with Crippen LogP contribution in [-0.2, 0) is 16.4 Å². The van der Waals surface area contributed by atoms with Gasteiger partial charge in [-0.05, 0) is 61.7 Å². The van der Waals surface area contributed by atoms with Crippen molar-refractivity contribution in [1.82, 2.24) is 9.62 Å². The quantitative estimate of drug-likeness (QED) is 0.631. The third-order valence-corrected chi connectivity index (χ3v) is 8.44. The summed E-state index contributed by atoms with van der Waals surface area (Å²) in [5.41, 5.74) is 1.20. The van der Waals surface area contributed by atoms with Crippen molar-refractivity contribution < 1.29 is 13.2 Å². The van der Waals surface area contributed by atoms with Gasteiger partial charge in [-0.25, -0.2) is 8.42 Å². The number of amides is 1. The molecule has 1 atom stereocenters. The number of benzene rings is 1. The molecule has 2 heterocycles. The van der Waals surface area contributed by atoms with Crippen LogP contribution < -0.4 is 5.32 Å². The van der Waals surface area contributed by atoms with E-state index in [1.165, 1.54) is 21.2 Å². The number of carbonyl (C=O) groups excluding carboxylic acids is 1. The van der Waals surface area contributed by atoms with Gasteiger partial charge in [-0.15, -0.1) is 11.3 Å². The molecule has 1 fully saturated rings. The molecule has 5 nitrogen and oxygen atoms in total. The molecular weight excluding hydrogens is 460 g/mol. The number of thiophene rings is 1. The first-order valence-electron chi connectivity index (χ1n) is 9.51. The van der Waals surface area contributed by atoms with E-state index in [0.717, 1.165) is 36.6 Å². The predicted octanol–water partition coefficient (Wildman–Crippen LogP) is 4.44. The molecule has 0 radical (unpaired) electrons. The minimum Gasteiger partial charge on any atom is -0.349 e. The van der Waals surface area contributed by atoms with Gasteiger partial charge in [0.1, 0.15) is 9.77 Å². The van der Waals surface area contributed by atoms with Crippen LogP contribution in [0.4, 0.5) is 0 Å². The molecule has 28 heavy (non-hydrogen) atoms. The summed E-state index contributed by atoms with van der Waals surface area (Å²) in [7, 11) is -3.61. The van der Waals surface area contributed by atoms with Crippen LogP contribution in [0.5, 0.6) is 0 Å². The van der Waals surface area contributed by atoms with Gasteiger partial charge in [0.25, 0.3) is 5.91 Å². The highest BCUT2D eigenvalue weighted by molar-refractivity contribution is 9.10. The molecule has 152 valence electrons. The zero-order valence-electron chi connectivity index (χ0n) is 15.9. The van der Waals surface area contributed by atoms with Crippen molar-refractivity contribution in [2.45, 2.75) is 50.0 Å². The molecule has 3 rings (SSSR count). The van der Waals surface area contributed by atoms with Gasteiger partial charge in [0.15, 0.2) is 0 Å². The summed E-state index contributed by atoms with van der Waals surface area (Å²) < 4.78 is 28.4. The average molecular weight is 485 g/mol. The molecule has 1 saturated heterocycles. The van der Waals surface area contributed by atoms with E-state index in [1.807, 2.05) is 19.1 Å². The molecule has 0 bridgehead atoms. The van der Waals surface area contributed by atoms with Crippen LogP contribution >= 0.6 is 27.3 Å². The number of piperidine rings is 1. The number of hydrogen-bond donors (Lipinski definition) is 1. The molecule has 1 aliphatic heterocycles. The zero-order chi connectivity index (χ0) is 20.1. The lowest BCUT2D eigenvalue weighted by molar-refractivity contribution is 0.0939. The van der Waals surface area contributed by atoms with Gasteiger partial charge in [0.05, 0.1) is 0 Å². The van der Waals surface area contributed by atoms with E-state index in [-0.39, 0.29) is 21.7 Å². The Hall–Kier alpha value is -1.22. The van der Waals surface area contributed by atoms with E-state index in [1.54, 1.807) is 11.4 Å². The maximum atomic E-state index is 12.9. The van der Waals surface area contributed by atoms with Crippen LogP contribution in [0.2, 0.25) is 0 Å². The van der Waals surface area contributed by atoms with Crippen molar-refractivity contribution in [3.63, 3.8) is 0 Å². The van der Waals surface area contributed by atoms with Crippen LogP contribution in [0.25, 0.3) is 0 Å². The molecule has 0 aliphatic carbocycles. The predicted molar refractivity (Wildman–Crippen MR) is 116 cm³/mol. The first-order chi connectivity index (χ1) is 13.4. The van der Waals surface area contributed by atoms with Gasteiger partial charge in [-0.1, -0.05) is 34.5 Å². The number of sulfonamides is 1. The van der Waals surface area contributed by atoms with Crippen LogP contribution in [-0.4, -0.2) is 37.8 Å². The lowest BCUT2D eigenvalue weighted by Crippen LogP contribution is -2.37. The summed E-state index contributed by atoms with van der Waals surface area (Å²) in [5.74, 6) is -0.311. The molecule has 1 unspecified atom stereocenters. The van der Waals surface area contributed by atoms with E-state index < -0.39 is 10.0 Å². The lowest BCUT2D eigenvalue weighted by atomic mass is 10.1. The minimum atomic E-state index is -3.61. The molecule has 0 spiro atoms. The molecule has 1 aromatic heterocycles. The Labute approximate surface area is 179 Å². The number of rotatable bonds is 7. The topological polar surface area (TPSA) is 66.5 Å². The second-order valence-electron chi connectivity index (χ2n) is 7.12. The number of nitrogens with one attached hydrogen (secondary N) is 1. The highest BCUT2D eigenvalue weighted by atomic mass is 79.9. The van der Waals surface area contributed by atoms with Crippen molar-refractivity contribution in [3.05, 3.63) is 50.6 Å². The van der Waals surface area contributed by atoms with E-state index >= 15 is 0 Å². The molecule has 1 aliphatic rings. The van der Waals surface area contributed by atoms with Gasteiger partial charge in [0, 0.05) is 23.6 Å². The highest BCUT2D eigenvalue weighted by Crippen LogP contribution is 2.27. The summed E-state index contributed by atoms with van der Waals surface area (Å²) in [6.07, 6.45) is 4.43. The number of halogens is 1. The van der Waals surface area contributed by atoms with Gasteiger partial charge < -0.3 is 5.32 Å². The highest BCUT2D eigenvalue weighted by Gasteiger charge is 2.31. The smallest absolute Gasteiger partial charge is 0.262 e. The normalized spacial score (nSPS) is 16.6. The Morgan fingerprint density at radius 1 is 1.18 bits per heavy atom. The van der Waals surface area contributed by atoms with Crippen LogP contribution in [0.1, 0.15) is 47.8 Å². The number of aryl methyl sites for hydroxylation is 1. The van der Waals surface area contributed by atoms with Crippen LogP contribution in [0.15, 0.2) is 45.1 Å². The number of hydrogen-bond acceptors (Lipinski definition) is 4. The van der Waals surface area contributed by atoms with E-state index in [2.05, 4.69) is 33.4 Å². The van der Waals surface area contributed by atoms with Crippen LogP contribution in [0, 0.1) is 0 Å². The van der Waals surface area contributed by atoms with Crippen molar-refractivity contribution >= 4 is 43.2 Å². The lowest BCUT2D eigenvalue weighted by Gasteiger charge is -2.26. The van der Waals surface area contributed by atoms with Gasteiger partial charge in [-0.3, -0.25) is 4.79 Å². The second kappa shape index (κ2) is 9.52. The zero-order valence-corrected chi connectivity index (χ0v) is 19.1. The summed E-state index contributed by atoms with van der Waals surface area (Å²) in [6.45, 7) is 3.01. The fraction of sp³-hybridized carbons (Fsp3) is 0.450. The van der Waals surface area contributed by atoms with Gasteiger partial charge in [-0.2, -0.15) is 4.31 Å². The number of nitrogens with zero attached hydrogens (tertiary/aromatic N) is 1. The average Bonchev–Trinajstić information content (AvgIpc) is 3.19. The van der Waals surface area contributed by atoms with Crippen LogP contribution in [0.3, 0.4) is 0 Å². The summed E-state index contributed by atoms with van der Waals surface area (Å²) in [6, 6.07) is 9.62. The Kier molecular flexibility index (Phi) is 7.31. The summed E-state index contributed by atoms with van der Waals surface area (Å²) >= 11 is 4.61. The van der Waals surface area contributed by atoms with Crippen molar-refractivity contribution in [2.24, 2.45) is 0 Å².